The van der Waals surface area contributed by atoms with Crippen LogP contribution in [0.4, 0.5) is 5.69 Å². The van der Waals surface area contributed by atoms with Gasteiger partial charge in [0, 0.05) is 9.35 Å². The molecule has 17 heavy (non-hydrogen) atoms. The maximum absolute atomic E-state index is 9.13. The lowest BCUT2D eigenvalue weighted by atomic mass is 10.1. The molecule has 0 saturated carbocycles. The Bertz CT molecular complexity index is 543. The van der Waals surface area contributed by atoms with E-state index in [0.717, 1.165) is 10.2 Å². The second-order valence-corrected chi connectivity index (χ2v) is 5.49. The van der Waals surface area contributed by atoms with E-state index in [1.807, 2.05) is 24.3 Å². The van der Waals surface area contributed by atoms with Crippen LogP contribution in [0.15, 0.2) is 40.2 Å². The largest absolute Gasteiger partial charge is 0.377 e. The molecular formula is C13H11BrN2S. The number of nitriles is 1. The Morgan fingerprint density at radius 1 is 1.35 bits per heavy atom. The van der Waals surface area contributed by atoms with Crippen LogP contribution in [0.3, 0.4) is 0 Å². The Labute approximate surface area is 113 Å². The first-order valence-corrected chi connectivity index (χ1v) is 6.88. The van der Waals surface area contributed by atoms with E-state index >= 15 is 0 Å². The van der Waals surface area contributed by atoms with Gasteiger partial charge in [-0.2, -0.15) is 5.26 Å². The molecule has 1 atom stereocenters. The number of benzene rings is 1. The summed E-state index contributed by atoms with van der Waals surface area (Å²) in [6.07, 6.45) is 0. The predicted octanol–water partition coefficient (Wildman–Crippen LogP) is 4.56. The molecule has 86 valence electrons. The zero-order valence-electron chi connectivity index (χ0n) is 9.27. The van der Waals surface area contributed by atoms with Crippen LogP contribution in [0.25, 0.3) is 0 Å². The Morgan fingerprint density at radius 3 is 2.82 bits per heavy atom. The van der Waals surface area contributed by atoms with Crippen molar-refractivity contribution in [3.63, 3.8) is 0 Å². The third-order valence-corrected chi connectivity index (χ3v) is 4.18. The highest BCUT2D eigenvalue weighted by atomic mass is 79.9. The van der Waals surface area contributed by atoms with Crippen molar-refractivity contribution in [1.82, 2.24) is 0 Å². The van der Waals surface area contributed by atoms with E-state index in [1.165, 1.54) is 4.88 Å². The van der Waals surface area contributed by atoms with Crippen molar-refractivity contribution >= 4 is 33.0 Å². The zero-order valence-corrected chi connectivity index (χ0v) is 11.7. The SMILES string of the molecule is CC(Nc1cccc(Br)c1C#N)c1cccs1. The molecule has 2 rings (SSSR count). The first kappa shape index (κ1) is 12.2. The summed E-state index contributed by atoms with van der Waals surface area (Å²) in [7, 11) is 0. The quantitative estimate of drug-likeness (QED) is 0.902. The first-order chi connectivity index (χ1) is 8.22. The van der Waals surface area contributed by atoms with E-state index < -0.39 is 0 Å². The summed E-state index contributed by atoms with van der Waals surface area (Å²) < 4.78 is 0.823. The summed E-state index contributed by atoms with van der Waals surface area (Å²) in [5, 5.41) is 14.5. The monoisotopic (exact) mass is 306 g/mol. The number of nitrogens with one attached hydrogen (secondary N) is 1. The highest BCUT2D eigenvalue weighted by Gasteiger charge is 2.10. The third-order valence-electron chi connectivity index (χ3n) is 2.47. The fraction of sp³-hybridized carbons (Fsp3) is 0.154. The molecule has 2 nitrogen and oxygen atoms in total. The molecule has 1 N–H and O–H groups in total. The summed E-state index contributed by atoms with van der Waals surface area (Å²) in [6.45, 7) is 2.09. The molecule has 4 heteroatoms. The molecule has 0 bridgehead atoms. The third kappa shape index (κ3) is 2.68. The van der Waals surface area contributed by atoms with Gasteiger partial charge in [-0.05, 0) is 46.4 Å². The molecule has 0 aliphatic rings. The lowest BCUT2D eigenvalue weighted by molar-refractivity contribution is 0.907. The molecule has 2 aromatic rings. The number of anilines is 1. The van der Waals surface area contributed by atoms with Crippen LogP contribution in [-0.2, 0) is 0 Å². The second kappa shape index (κ2) is 5.35. The minimum atomic E-state index is 0.205. The van der Waals surface area contributed by atoms with Gasteiger partial charge in [0.15, 0.2) is 0 Å². The summed E-state index contributed by atoms with van der Waals surface area (Å²) >= 11 is 5.10. The molecule has 0 fully saturated rings. The molecule has 0 spiro atoms. The molecule has 1 heterocycles. The lowest BCUT2D eigenvalue weighted by Gasteiger charge is -2.15. The van der Waals surface area contributed by atoms with Crippen molar-refractivity contribution in [3.05, 3.63) is 50.6 Å². The normalized spacial score (nSPS) is 11.8. The van der Waals surface area contributed by atoms with Gasteiger partial charge in [-0.15, -0.1) is 11.3 Å². The van der Waals surface area contributed by atoms with Crippen LogP contribution >= 0.6 is 27.3 Å². The predicted molar refractivity (Wildman–Crippen MR) is 75.2 cm³/mol. The van der Waals surface area contributed by atoms with Gasteiger partial charge < -0.3 is 5.32 Å². The summed E-state index contributed by atoms with van der Waals surface area (Å²) in [5.41, 5.74) is 1.51. The topological polar surface area (TPSA) is 35.8 Å². The Kier molecular flexibility index (Phi) is 3.82. The van der Waals surface area contributed by atoms with E-state index in [-0.39, 0.29) is 6.04 Å². The molecule has 0 aliphatic carbocycles. The first-order valence-electron chi connectivity index (χ1n) is 5.21. The second-order valence-electron chi connectivity index (χ2n) is 3.66. The molecule has 0 radical (unpaired) electrons. The summed E-state index contributed by atoms with van der Waals surface area (Å²) in [5.74, 6) is 0. The van der Waals surface area contributed by atoms with Crippen LogP contribution in [0.5, 0.6) is 0 Å². The number of nitrogens with zero attached hydrogens (tertiary/aromatic N) is 1. The fourth-order valence-corrected chi connectivity index (χ4v) is 2.79. The molecule has 1 aromatic heterocycles. The highest BCUT2D eigenvalue weighted by Crippen LogP contribution is 2.28. The Balaban J connectivity index is 2.25. The van der Waals surface area contributed by atoms with E-state index in [2.05, 4.69) is 45.7 Å². The van der Waals surface area contributed by atoms with Crippen molar-refractivity contribution < 1.29 is 0 Å². The van der Waals surface area contributed by atoms with Crippen molar-refractivity contribution in [2.24, 2.45) is 0 Å². The van der Waals surface area contributed by atoms with Gasteiger partial charge in [0.1, 0.15) is 6.07 Å². The molecule has 0 saturated heterocycles. The van der Waals surface area contributed by atoms with Crippen molar-refractivity contribution in [2.75, 3.05) is 5.32 Å². The van der Waals surface area contributed by atoms with Gasteiger partial charge in [0.25, 0.3) is 0 Å². The van der Waals surface area contributed by atoms with Gasteiger partial charge in [-0.25, -0.2) is 0 Å². The van der Waals surface area contributed by atoms with Crippen LogP contribution < -0.4 is 5.32 Å². The Morgan fingerprint density at radius 2 is 2.18 bits per heavy atom. The zero-order chi connectivity index (χ0) is 12.3. The Hall–Kier alpha value is -1.31. The number of thiophene rings is 1. The van der Waals surface area contributed by atoms with E-state index in [9.17, 15) is 0 Å². The van der Waals surface area contributed by atoms with Crippen LogP contribution in [-0.4, -0.2) is 0 Å². The molecular weight excluding hydrogens is 296 g/mol. The van der Waals surface area contributed by atoms with Crippen molar-refractivity contribution in [1.29, 1.82) is 5.26 Å². The fourth-order valence-electron chi connectivity index (χ4n) is 1.60. The number of hydrogen-bond donors (Lipinski definition) is 1. The standard InChI is InChI=1S/C13H11BrN2S/c1-9(13-6-3-7-17-13)16-12-5-2-4-11(14)10(12)8-15/h2-7,9,16H,1H3. The van der Waals surface area contributed by atoms with Crippen molar-refractivity contribution in [2.45, 2.75) is 13.0 Å². The highest BCUT2D eigenvalue weighted by molar-refractivity contribution is 9.10. The van der Waals surface area contributed by atoms with E-state index in [1.54, 1.807) is 11.3 Å². The van der Waals surface area contributed by atoms with E-state index in [4.69, 9.17) is 5.26 Å². The van der Waals surface area contributed by atoms with Gasteiger partial charge >= 0.3 is 0 Å². The minimum Gasteiger partial charge on any atom is -0.377 e. The van der Waals surface area contributed by atoms with Gasteiger partial charge in [-0.3, -0.25) is 0 Å². The maximum atomic E-state index is 9.13. The van der Waals surface area contributed by atoms with Gasteiger partial charge in [0.2, 0.25) is 0 Å². The van der Waals surface area contributed by atoms with Gasteiger partial charge in [0.05, 0.1) is 17.3 Å². The maximum Gasteiger partial charge on any atom is 0.103 e. The minimum absolute atomic E-state index is 0.205. The van der Waals surface area contributed by atoms with Crippen LogP contribution in [0, 0.1) is 11.3 Å². The van der Waals surface area contributed by atoms with Gasteiger partial charge in [-0.1, -0.05) is 12.1 Å². The number of rotatable bonds is 3. The van der Waals surface area contributed by atoms with Crippen molar-refractivity contribution in [3.8, 4) is 6.07 Å². The summed E-state index contributed by atoms with van der Waals surface area (Å²) in [4.78, 5) is 1.26. The number of halogens is 1. The van der Waals surface area contributed by atoms with E-state index in [0.29, 0.717) is 5.56 Å². The summed E-state index contributed by atoms with van der Waals surface area (Å²) in [6, 6.07) is 12.3. The molecule has 1 aromatic carbocycles. The van der Waals surface area contributed by atoms with Crippen LogP contribution in [0.2, 0.25) is 0 Å². The molecule has 0 aliphatic heterocycles. The van der Waals surface area contributed by atoms with Crippen LogP contribution in [0.1, 0.15) is 23.4 Å². The average Bonchev–Trinajstić information content (AvgIpc) is 2.82. The smallest absolute Gasteiger partial charge is 0.103 e. The molecule has 0 amide bonds. The molecule has 1 unspecified atom stereocenters. The number of hydrogen-bond acceptors (Lipinski definition) is 3. The average molecular weight is 307 g/mol. The lowest BCUT2D eigenvalue weighted by Crippen LogP contribution is -2.06.